The minimum absolute atomic E-state index is 0.778. The normalized spacial score (nSPS) is 10.8. The molecule has 1 radical (unpaired) electrons. The second kappa shape index (κ2) is 6.94. The van der Waals surface area contributed by atoms with E-state index in [1.807, 2.05) is 48.4 Å². The smallest absolute Gasteiger partial charge is 0.104 e. The maximum atomic E-state index is 5.56. The molecule has 0 saturated heterocycles. The van der Waals surface area contributed by atoms with Crippen LogP contribution in [0.4, 0.5) is 0 Å². The molecule has 2 rings (SSSR count). The Morgan fingerprint density at radius 1 is 0.833 bits per heavy atom. The van der Waals surface area contributed by atoms with Gasteiger partial charge in [-0.1, -0.05) is 60.7 Å². The van der Waals surface area contributed by atoms with Gasteiger partial charge < -0.3 is 0 Å². The molecule has 0 N–H and O–H groups in total. The third-order valence-electron chi connectivity index (χ3n) is 2.66. The monoisotopic (exact) mass is 240 g/mol. The molecular formula is C16H18NO. The van der Waals surface area contributed by atoms with E-state index in [1.54, 1.807) is 6.61 Å². The molecule has 0 aliphatic carbocycles. The van der Waals surface area contributed by atoms with Crippen LogP contribution in [0.15, 0.2) is 60.7 Å². The van der Waals surface area contributed by atoms with Crippen molar-refractivity contribution in [3.05, 3.63) is 78.4 Å². The van der Waals surface area contributed by atoms with Crippen LogP contribution < -0.4 is 0 Å². The summed E-state index contributed by atoms with van der Waals surface area (Å²) in [7, 11) is 0. The van der Waals surface area contributed by atoms with E-state index in [9.17, 15) is 0 Å². The van der Waals surface area contributed by atoms with Crippen molar-refractivity contribution in [2.24, 2.45) is 0 Å². The first-order valence-corrected chi connectivity index (χ1v) is 6.16. The molecule has 0 aliphatic heterocycles. The molecule has 0 spiro atoms. The molecule has 2 heteroatoms. The summed E-state index contributed by atoms with van der Waals surface area (Å²) in [5.74, 6) is 0. The van der Waals surface area contributed by atoms with Gasteiger partial charge in [0, 0.05) is 13.1 Å². The maximum Gasteiger partial charge on any atom is 0.104 e. The number of hydroxylamine groups is 2. The number of nitrogens with zero attached hydrogens (tertiary/aromatic N) is 1. The summed E-state index contributed by atoms with van der Waals surface area (Å²) in [6, 6.07) is 20.7. The molecule has 0 unspecified atom stereocenters. The summed E-state index contributed by atoms with van der Waals surface area (Å²) >= 11 is 0. The van der Waals surface area contributed by atoms with Gasteiger partial charge in [-0.2, -0.15) is 5.06 Å². The lowest BCUT2D eigenvalue weighted by molar-refractivity contribution is -0.140. The van der Waals surface area contributed by atoms with Gasteiger partial charge in [0.05, 0.1) is 0 Å². The zero-order valence-corrected chi connectivity index (χ0v) is 10.6. The van der Waals surface area contributed by atoms with Crippen LogP contribution in [0.25, 0.3) is 0 Å². The third kappa shape index (κ3) is 3.99. The summed E-state index contributed by atoms with van der Waals surface area (Å²) in [6.07, 6.45) is 0. The van der Waals surface area contributed by atoms with Crippen LogP contribution in [-0.2, 0) is 17.9 Å². The van der Waals surface area contributed by atoms with Crippen molar-refractivity contribution in [2.75, 3.05) is 0 Å². The maximum absolute atomic E-state index is 5.56. The first-order valence-electron chi connectivity index (χ1n) is 6.16. The van der Waals surface area contributed by atoms with Crippen molar-refractivity contribution in [3.63, 3.8) is 0 Å². The lowest BCUT2D eigenvalue weighted by atomic mass is 10.2. The van der Waals surface area contributed by atoms with Gasteiger partial charge >= 0.3 is 0 Å². The molecule has 0 bridgehead atoms. The Morgan fingerprint density at radius 3 is 1.67 bits per heavy atom. The fourth-order valence-electron chi connectivity index (χ4n) is 1.85. The van der Waals surface area contributed by atoms with Crippen LogP contribution in [0, 0.1) is 6.61 Å². The van der Waals surface area contributed by atoms with E-state index >= 15 is 0 Å². The third-order valence-corrected chi connectivity index (χ3v) is 2.66. The van der Waals surface area contributed by atoms with Crippen LogP contribution in [0.3, 0.4) is 0 Å². The fraction of sp³-hybridized carbons (Fsp3) is 0.188. The Hall–Kier alpha value is -1.64. The molecule has 2 aromatic rings. The van der Waals surface area contributed by atoms with Crippen molar-refractivity contribution < 1.29 is 4.84 Å². The second-order valence-electron chi connectivity index (χ2n) is 4.11. The topological polar surface area (TPSA) is 12.5 Å². The van der Waals surface area contributed by atoms with E-state index in [0.29, 0.717) is 0 Å². The van der Waals surface area contributed by atoms with Crippen molar-refractivity contribution in [1.82, 2.24) is 5.06 Å². The van der Waals surface area contributed by atoms with Crippen molar-refractivity contribution >= 4 is 0 Å². The molecule has 0 amide bonds. The molecule has 93 valence electrons. The summed E-state index contributed by atoms with van der Waals surface area (Å²) in [6.45, 7) is 5.16. The van der Waals surface area contributed by atoms with E-state index in [4.69, 9.17) is 4.84 Å². The van der Waals surface area contributed by atoms with Crippen LogP contribution in [0.2, 0.25) is 0 Å². The molecule has 2 aromatic carbocycles. The fourth-order valence-corrected chi connectivity index (χ4v) is 1.85. The van der Waals surface area contributed by atoms with E-state index in [1.165, 1.54) is 11.1 Å². The number of hydrogen-bond acceptors (Lipinski definition) is 2. The van der Waals surface area contributed by atoms with E-state index in [0.717, 1.165) is 13.1 Å². The molecule has 0 fully saturated rings. The van der Waals surface area contributed by atoms with Gasteiger partial charge in [0.2, 0.25) is 0 Å². The molecule has 2 nitrogen and oxygen atoms in total. The zero-order valence-electron chi connectivity index (χ0n) is 10.6. The van der Waals surface area contributed by atoms with Crippen molar-refractivity contribution in [2.45, 2.75) is 20.0 Å². The molecule has 0 aromatic heterocycles. The van der Waals surface area contributed by atoms with Gasteiger partial charge in [-0.15, -0.1) is 0 Å². The summed E-state index contributed by atoms with van der Waals surface area (Å²) in [4.78, 5) is 5.56. The molecule has 0 atom stereocenters. The highest BCUT2D eigenvalue weighted by Gasteiger charge is 2.06. The average molecular weight is 240 g/mol. The van der Waals surface area contributed by atoms with E-state index < -0.39 is 0 Å². The number of hydrogen-bond donors (Lipinski definition) is 0. The average Bonchev–Trinajstić information content (AvgIpc) is 2.41. The highest BCUT2D eigenvalue weighted by atomic mass is 16.7. The highest BCUT2D eigenvalue weighted by molar-refractivity contribution is 5.16. The van der Waals surface area contributed by atoms with Gasteiger partial charge in [-0.25, -0.2) is 0 Å². The van der Waals surface area contributed by atoms with E-state index in [2.05, 4.69) is 24.3 Å². The largest absolute Gasteiger partial charge is 0.293 e. The predicted octanol–water partition coefficient (Wildman–Crippen LogP) is 3.80. The summed E-state index contributed by atoms with van der Waals surface area (Å²) in [5.41, 5.74) is 2.49. The lowest BCUT2D eigenvalue weighted by Crippen LogP contribution is -2.21. The highest BCUT2D eigenvalue weighted by Crippen LogP contribution is 2.10. The first-order chi connectivity index (χ1) is 8.88. The Labute approximate surface area is 109 Å². The van der Waals surface area contributed by atoms with Gasteiger partial charge in [0.15, 0.2) is 0 Å². The van der Waals surface area contributed by atoms with Crippen molar-refractivity contribution in [1.29, 1.82) is 0 Å². The Morgan fingerprint density at radius 2 is 1.28 bits per heavy atom. The molecule has 0 saturated carbocycles. The van der Waals surface area contributed by atoms with Crippen LogP contribution in [0.1, 0.15) is 18.1 Å². The van der Waals surface area contributed by atoms with Crippen LogP contribution in [0.5, 0.6) is 0 Å². The van der Waals surface area contributed by atoms with Crippen LogP contribution in [-0.4, -0.2) is 5.06 Å². The van der Waals surface area contributed by atoms with Gasteiger partial charge in [0.25, 0.3) is 0 Å². The summed E-state index contributed by atoms with van der Waals surface area (Å²) in [5, 5.41) is 1.95. The Balaban J connectivity index is 2.00. The van der Waals surface area contributed by atoms with Crippen molar-refractivity contribution in [3.8, 4) is 0 Å². The zero-order chi connectivity index (χ0) is 12.6. The lowest BCUT2D eigenvalue weighted by Gasteiger charge is -2.21. The van der Waals surface area contributed by atoms with Gasteiger partial charge in [-0.3, -0.25) is 4.84 Å². The SMILES string of the molecule is C[CH]ON(Cc1ccccc1)Cc1ccccc1. The number of rotatable bonds is 6. The molecule has 0 heterocycles. The van der Waals surface area contributed by atoms with Crippen LogP contribution >= 0.6 is 0 Å². The minimum atomic E-state index is 0.778. The summed E-state index contributed by atoms with van der Waals surface area (Å²) < 4.78 is 0. The quantitative estimate of drug-likeness (QED) is 0.712. The Kier molecular flexibility index (Phi) is 4.94. The number of benzene rings is 2. The van der Waals surface area contributed by atoms with E-state index in [-0.39, 0.29) is 0 Å². The standard InChI is InChI=1S/C16H18NO/c1-2-18-17(13-15-9-5-3-6-10-15)14-16-11-7-4-8-12-16/h2-12H,13-14H2,1H3. The molecule has 18 heavy (non-hydrogen) atoms. The Bertz CT molecular complexity index is 400. The minimum Gasteiger partial charge on any atom is -0.293 e. The molecular weight excluding hydrogens is 222 g/mol. The second-order valence-corrected chi connectivity index (χ2v) is 4.11. The predicted molar refractivity (Wildman–Crippen MR) is 73.2 cm³/mol. The van der Waals surface area contributed by atoms with Gasteiger partial charge in [-0.05, 0) is 18.1 Å². The van der Waals surface area contributed by atoms with Gasteiger partial charge in [0.1, 0.15) is 6.61 Å². The molecule has 0 aliphatic rings. The first kappa shape index (κ1) is 12.8.